The molecule has 1 aromatic rings. The van der Waals surface area contributed by atoms with Crippen LogP contribution in [0.4, 0.5) is 4.79 Å². The summed E-state index contributed by atoms with van der Waals surface area (Å²) in [7, 11) is 0. The minimum atomic E-state index is -1.46. The quantitative estimate of drug-likeness (QED) is 0.634. The molecule has 0 aliphatic carbocycles. The van der Waals surface area contributed by atoms with Crippen LogP contribution in [0.2, 0.25) is 5.35 Å². The monoisotopic (exact) mass is 163 g/mol. The van der Waals surface area contributed by atoms with Crippen molar-refractivity contribution in [1.82, 2.24) is 4.98 Å². The van der Waals surface area contributed by atoms with Crippen LogP contribution in [0.3, 0.4) is 0 Å². The van der Waals surface area contributed by atoms with E-state index in [0.717, 1.165) is 6.20 Å². The number of rotatable bonds is 1. The molecule has 5 nitrogen and oxygen atoms in total. The molecule has 1 heterocycles. The predicted octanol–water partition coefficient (Wildman–Crippen LogP) is 1.38. The lowest BCUT2D eigenvalue weighted by atomic mass is 10.9. The predicted molar refractivity (Wildman–Crippen MR) is 30.2 cm³/mol. The first kappa shape index (κ1) is 6.88. The van der Waals surface area contributed by atoms with Crippen LogP contribution in [0.5, 0.6) is 5.95 Å². The lowest BCUT2D eigenvalue weighted by molar-refractivity contribution is 0.133. The van der Waals surface area contributed by atoms with Crippen LogP contribution >= 0.6 is 11.6 Å². The van der Waals surface area contributed by atoms with Crippen molar-refractivity contribution in [3.05, 3.63) is 11.5 Å². The average molecular weight is 164 g/mol. The van der Waals surface area contributed by atoms with Crippen LogP contribution in [-0.2, 0) is 0 Å². The lowest BCUT2D eigenvalue weighted by Crippen LogP contribution is -2.01. The number of hydrogen-bond donors (Lipinski definition) is 1. The third-order valence-electron chi connectivity index (χ3n) is 0.644. The Labute approximate surface area is 60.2 Å². The summed E-state index contributed by atoms with van der Waals surface area (Å²) in [4.78, 5) is 13.2. The number of nitrogens with zero attached hydrogens (tertiary/aromatic N) is 1. The zero-order valence-corrected chi connectivity index (χ0v) is 5.33. The van der Waals surface area contributed by atoms with Crippen LogP contribution in [0.1, 0.15) is 0 Å². The van der Waals surface area contributed by atoms with Crippen molar-refractivity contribution >= 4 is 17.8 Å². The molecule has 6 heteroatoms. The van der Waals surface area contributed by atoms with Crippen molar-refractivity contribution in [3.63, 3.8) is 0 Å². The number of ether oxygens (including phenoxy) is 1. The van der Waals surface area contributed by atoms with Gasteiger partial charge in [-0.2, -0.15) is 0 Å². The molecular formula is C4H2ClNO4. The van der Waals surface area contributed by atoms with Gasteiger partial charge in [0.2, 0.25) is 0 Å². The van der Waals surface area contributed by atoms with E-state index in [-0.39, 0.29) is 11.3 Å². The maximum atomic E-state index is 9.82. The highest BCUT2D eigenvalue weighted by molar-refractivity contribution is 6.27. The molecule has 0 radical (unpaired) electrons. The Morgan fingerprint density at radius 2 is 2.60 bits per heavy atom. The Morgan fingerprint density at radius 1 is 1.90 bits per heavy atom. The lowest BCUT2D eigenvalue weighted by Gasteiger charge is -1.88. The summed E-state index contributed by atoms with van der Waals surface area (Å²) in [6.07, 6.45) is -0.399. The van der Waals surface area contributed by atoms with E-state index >= 15 is 0 Å². The van der Waals surface area contributed by atoms with E-state index in [2.05, 4.69) is 14.1 Å². The topological polar surface area (TPSA) is 72.6 Å². The number of aromatic nitrogens is 1. The van der Waals surface area contributed by atoms with E-state index in [1.165, 1.54) is 0 Å². The van der Waals surface area contributed by atoms with Crippen molar-refractivity contribution in [2.45, 2.75) is 0 Å². The summed E-state index contributed by atoms with van der Waals surface area (Å²) in [6.45, 7) is 0. The molecule has 0 fully saturated rings. The van der Waals surface area contributed by atoms with Crippen LogP contribution in [0.25, 0.3) is 0 Å². The van der Waals surface area contributed by atoms with Crippen LogP contribution in [0, 0.1) is 0 Å². The molecule has 10 heavy (non-hydrogen) atoms. The Bertz CT molecular complexity index is 245. The summed E-state index contributed by atoms with van der Waals surface area (Å²) in [5, 5.41) is 7.87. The van der Waals surface area contributed by atoms with Crippen LogP contribution in [-0.4, -0.2) is 16.2 Å². The van der Waals surface area contributed by atoms with Gasteiger partial charge < -0.3 is 14.3 Å². The highest BCUT2D eigenvalue weighted by Gasteiger charge is 2.05. The van der Waals surface area contributed by atoms with Gasteiger partial charge in [0.25, 0.3) is 5.35 Å². The molecule has 0 spiro atoms. The molecule has 0 amide bonds. The third kappa shape index (κ3) is 1.63. The van der Waals surface area contributed by atoms with Crippen molar-refractivity contribution in [3.8, 4) is 5.95 Å². The van der Waals surface area contributed by atoms with Gasteiger partial charge in [0.15, 0.2) is 0 Å². The number of hydrogen-bond acceptors (Lipinski definition) is 4. The van der Waals surface area contributed by atoms with E-state index in [0.29, 0.717) is 0 Å². The third-order valence-corrected chi connectivity index (χ3v) is 0.819. The second-order valence-corrected chi connectivity index (χ2v) is 1.62. The highest BCUT2D eigenvalue weighted by Crippen LogP contribution is 2.15. The van der Waals surface area contributed by atoms with Crippen molar-refractivity contribution in [2.24, 2.45) is 0 Å². The summed E-state index contributed by atoms with van der Waals surface area (Å²) < 4.78 is 8.48. The Morgan fingerprint density at radius 3 is 3.00 bits per heavy atom. The van der Waals surface area contributed by atoms with Gasteiger partial charge >= 0.3 is 12.1 Å². The number of carbonyl (C=O) groups is 1. The molecule has 1 rings (SSSR count). The van der Waals surface area contributed by atoms with Crippen LogP contribution in [0.15, 0.2) is 10.6 Å². The van der Waals surface area contributed by atoms with Crippen LogP contribution < -0.4 is 4.74 Å². The second kappa shape index (κ2) is 2.57. The van der Waals surface area contributed by atoms with Gasteiger partial charge in [-0.05, 0) is 11.6 Å². The molecule has 1 N–H and O–H groups in total. The molecule has 1 aromatic heterocycles. The average Bonchev–Trinajstić information content (AvgIpc) is 2.13. The SMILES string of the molecule is O=C(O)Oc1cnc(Cl)o1. The summed E-state index contributed by atoms with van der Waals surface area (Å²) in [5.41, 5.74) is 0. The second-order valence-electron chi connectivity index (χ2n) is 1.30. The molecule has 0 saturated heterocycles. The molecule has 0 atom stereocenters. The van der Waals surface area contributed by atoms with Gasteiger partial charge in [0.1, 0.15) is 6.20 Å². The molecular weight excluding hydrogens is 162 g/mol. The van der Waals surface area contributed by atoms with E-state index in [1.54, 1.807) is 0 Å². The highest BCUT2D eigenvalue weighted by atomic mass is 35.5. The summed E-state index contributed by atoms with van der Waals surface area (Å²) in [5.74, 6) is -0.238. The maximum Gasteiger partial charge on any atom is 0.513 e. The number of oxazole rings is 1. The minimum Gasteiger partial charge on any atom is -0.449 e. The van der Waals surface area contributed by atoms with Crippen molar-refractivity contribution < 1.29 is 19.1 Å². The van der Waals surface area contributed by atoms with Gasteiger partial charge in [-0.25, -0.2) is 9.78 Å². The van der Waals surface area contributed by atoms with Gasteiger partial charge in [-0.3, -0.25) is 0 Å². The zero-order valence-electron chi connectivity index (χ0n) is 4.57. The Kier molecular flexibility index (Phi) is 1.77. The summed E-state index contributed by atoms with van der Waals surface area (Å²) >= 11 is 5.19. The molecule has 0 aliphatic heterocycles. The standard InChI is InChI=1S/C4H2ClNO4/c5-3-6-1-2(9-3)10-4(7)8/h1H,(H,7,8). The molecule has 0 unspecified atom stereocenters. The Hall–Kier alpha value is -1.23. The normalized spacial score (nSPS) is 9.30. The van der Waals surface area contributed by atoms with E-state index in [1.807, 2.05) is 0 Å². The number of carboxylic acid groups (broad SMARTS) is 1. The zero-order chi connectivity index (χ0) is 7.56. The van der Waals surface area contributed by atoms with Gasteiger partial charge in [0, 0.05) is 0 Å². The first-order valence-electron chi connectivity index (χ1n) is 2.20. The van der Waals surface area contributed by atoms with Crippen molar-refractivity contribution in [1.29, 1.82) is 0 Å². The molecule has 0 saturated carbocycles. The fourth-order valence-corrected chi connectivity index (χ4v) is 0.497. The molecule has 0 bridgehead atoms. The molecule has 54 valence electrons. The fourth-order valence-electron chi connectivity index (χ4n) is 0.372. The van der Waals surface area contributed by atoms with E-state index in [4.69, 9.17) is 16.7 Å². The molecule has 0 aliphatic rings. The van der Waals surface area contributed by atoms with Gasteiger partial charge in [-0.15, -0.1) is 0 Å². The van der Waals surface area contributed by atoms with Gasteiger partial charge in [-0.1, -0.05) is 0 Å². The number of halogens is 1. The first-order valence-corrected chi connectivity index (χ1v) is 2.58. The smallest absolute Gasteiger partial charge is 0.449 e. The Balaban J connectivity index is 2.67. The largest absolute Gasteiger partial charge is 0.513 e. The van der Waals surface area contributed by atoms with Gasteiger partial charge in [0.05, 0.1) is 0 Å². The van der Waals surface area contributed by atoms with E-state index in [9.17, 15) is 4.79 Å². The fraction of sp³-hybridized carbons (Fsp3) is 0. The summed E-state index contributed by atoms with van der Waals surface area (Å²) in [6, 6.07) is 0. The minimum absolute atomic E-state index is 0.156. The molecule has 0 aromatic carbocycles. The maximum absolute atomic E-state index is 9.82. The first-order chi connectivity index (χ1) is 4.68. The van der Waals surface area contributed by atoms with Crippen molar-refractivity contribution in [2.75, 3.05) is 0 Å². The van der Waals surface area contributed by atoms with E-state index < -0.39 is 6.16 Å².